The normalized spacial score (nSPS) is 11.7. The number of nitrogens with one attached hydrogen (secondary N) is 2. The van der Waals surface area contributed by atoms with E-state index in [1.807, 2.05) is 7.05 Å². The monoisotopic (exact) mass is 220 g/mol. The molecule has 0 radical (unpaired) electrons. The molecule has 0 fully saturated rings. The summed E-state index contributed by atoms with van der Waals surface area (Å²) >= 11 is 0. The third-order valence-electron chi connectivity index (χ3n) is 3.03. The van der Waals surface area contributed by atoms with Gasteiger partial charge in [0, 0.05) is 13.1 Å². The highest BCUT2D eigenvalue weighted by atomic mass is 14.9. The van der Waals surface area contributed by atoms with Crippen LogP contribution in [0, 0.1) is 0 Å². The van der Waals surface area contributed by atoms with Gasteiger partial charge in [-0.2, -0.15) is 0 Å². The average molecular weight is 220 g/mol. The van der Waals surface area contributed by atoms with E-state index in [9.17, 15) is 0 Å². The average Bonchev–Trinajstić information content (AvgIpc) is 2.30. The first-order chi connectivity index (χ1) is 7.67. The maximum absolute atomic E-state index is 3.45. The van der Waals surface area contributed by atoms with Gasteiger partial charge in [-0.1, -0.05) is 44.2 Å². The van der Waals surface area contributed by atoms with Crippen LogP contribution < -0.4 is 10.6 Å². The molecule has 1 rings (SSSR count). The SMILES string of the molecule is CNCCNCCC(C)(C)c1ccccc1. The molecule has 0 aliphatic rings. The molecule has 2 heteroatoms. The van der Waals surface area contributed by atoms with E-state index in [4.69, 9.17) is 0 Å². The van der Waals surface area contributed by atoms with Crippen molar-refractivity contribution in [1.82, 2.24) is 10.6 Å². The van der Waals surface area contributed by atoms with Crippen LogP contribution in [0.5, 0.6) is 0 Å². The predicted molar refractivity (Wildman–Crippen MR) is 70.9 cm³/mol. The van der Waals surface area contributed by atoms with Gasteiger partial charge >= 0.3 is 0 Å². The van der Waals surface area contributed by atoms with Crippen molar-refractivity contribution in [3.05, 3.63) is 35.9 Å². The minimum Gasteiger partial charge on any atom is -0.318 e. The minimum absolute atomic E-state index is 0.258. The Labute approximate surface area is 99.5 Å². The van der Waals surface area contributed by atoms with E-state index in [1.54, 1.807) is 0 Å². The summed E-state index contributed by atoms with van der Waals surface area (Å²) in [7, 11) is 1.98. The lowest BCUT2D eigenvalue weighted by Gasteiger charge is -2.25. The van der Waals surface area contributed by atoms with Crippen LogP contribution in [0.2, 0.25) is 0 Å². The fraction of sp³-hybridized carbons (Fsp3) is 0.571. The Morgan fingerprint density at radius 3 is 2.31 bits per heavy atom. The van der Waals surface area contributed by atoms with E-state index in [0.29, 0.717) is 0 Å². The largest absolute Gasteiger partial charge is 0.318 e. The molecule has 1 aromatic rings. The Balaban J connectivity index is 2.35. The summed E-state index contributed by atoms with van der Waals surface area (Å²) in [6.07, 6.45) is 1.17. The van der Waals surface area contributed by atoms with E-state index in [-0.39, 0.29) is 5.41 Å². The van der Waals surface area contributed by atoms with Crippen LogP contribution in [0.15, 0.2) is 30.3 Å². The van der Waals surface area contributed by atoms with E-state index >= 15 is 0 Å². The Bertz CT molecular complexity index is 280. The molecule has 0 unspecified atom stereocenters. The van der Waals surface area contributed by atoms with E-state index < -0.39 is 0 Å². The van der Waals surface area contributed by atoms with Crippen LogP contribution in [-0.4, -0.2) is 26.7 Å². The lowest BCUT2D eigenvalue weighted by Crippen LogP contribution is -2.29. The van der Waals surface area contributed by atoms with Gasteiger partial charge in [0.15, 0.2) is 0 Å². The van der Waals surface area contributed by atoms with E-state index in [2.05, 4.69) is 54.8 Å². The molecular weight excluding hydrogens is 196 g/mol. The second kappa shape index (κ2) is 6.66. The molecule has 16 heavy (non-hydrogen) atoms. The third kappa shape index (κ3) is 4.33. The Hall–Kier alpha value is -0.860. The first-order valence-electron chi connectivity index (χ1n) is 6.07. The third-order valence-corrected chi connectivity index (χ3v) is 3.03. The molecule has 0 aliphatic heterocycles. The summed E-state index contributed by atoms with van der Waals surface area (Å²) in [6, 6.07) is 10.7. The lowest BCUT2D eigenvalue weighted by molar-refractivity contribution is 0.456. The number of hydrogen-bond donors (Lipinski definition) is 2. The predicted octanol–water partition coefficient (Wildman–Crippen LogP) is 2.16. The van der Waals surface area contributed by atoms with Gasteiger partial charge in [0.05, 0.1) is 0 Å². The molecule has 0 aromatic heterocycles. The molecule has 0 heterocycles. The zero-order chi connectivity index (χ0) is 11.9. The second-order valence-electron chi connectivity index (χ2n) is 4.85. The highest BCUT2D eigenvalue weighted by molar-refractivity contribution is 5.23. The van der Waals surface area contributed by atoms with Gasteiger partial charge in [-0.05, 0) is 31.0 Å². The van der Waals surface area contributed by atoms with Gasteiger partial charge in [0.25, 0.3) is 0 Å². The highest BCUT2D eigenvalue weighted by Gasteiger charge is 2.19. The Kier molecular flexibility index (Phi) is 5.50. The summed E-state index contributed by atoms with van der Waals surface area (Å²) in [4.78, 5) is 0. The highest BCUT2D eigenvalue weighted by Crippen LogP contribution is 2.25. The molecule has 2 N–H and O–H groups in total. The van der Waals surface area contributed by atoms with Gasteiger partial charge in [0.1, 0.15) is 0 Å². The fourth-order valence-corrected chi connectivity index (χ4v) is 1.77. The molecule has 2 nitrogen and oxygen atoms in total. The molecular formula is C14H24N2. The van der Waals surface area contributed by atoms with Crippen LogP contribution in [0.1, 0.15) is 25.8 Å². The van der Waals surface area contributed by atoms with Crippen LogP contribution in [0.3, 0.4) is 0 Å². The molecule has 0 saturated heterocycles. The van der Waals surface area contributed by atoms with E-state index in [1.165, 1.54) is 12.0 Å². The first-order valence-corrected chi connectivity index (χ1v) is 6.07. The second-order valence-corrected chi connectivity index (χ2v) is 4.85. The van der Waals surface area contributed by atoms with Crippen LogP contribution in [-0.2, 0) is 5.41 Å². The summed E-state index contributed by atoms with van der Waals surface area (Å²) in [5.74, 6) is 0. The van der Waals surface area contributed by atoms with Crippen LogP contribution in [0.25, 0.3) is 0 Å². The van der Waals surface area contributed by atoms with Crippen LogP contribution >= 0.6 is 0 Å². The van der Waals surface area contributed by atoms with Crippen molar-refractivity contribution in [3.8, 4) is 0 Å². The number of hydrogen-bond acceptors (Lipinski definition) is 2. The molecule has 0 atom stereocenters. The van der Waals surface area contributed by atoms with Crippen molar-refractivity contribution < 1.29 is 0 Å². The van der Waals surface area contributed by atoms with Gasteiger partial charge in [-0.15, -0.1) is 0 Å². The summed E-state index contributed by atoms with van der Waals surface area (Å²) in [6.45, 7) is 7.76. The molecule has 0 spiro atoms. The maximum atomic E-state index is 3.45. The molecule has 1 aromatic carbocycles. The summed E-state index contributed by atoms with van der Waals surface area (Å²) < 4.78 is 0. The molecule has 90 valence electrons. The van der Waals surface area contributed by atoms with Gasteiger partial charge in [-0.25, -0.2) is 0 Å². The molecule has 0 aliphatic carbocycles. The van der Waals surface area contributed by atoms with Gasteiger partial charge in [0.2, 0.25) is 0 Å². The molecule has 0 bridgehead atoms. The quantitative estimate of drug-likeness (QED) is 0.688. The van der Waals surface area contributed by atoms with Crippen molar-refractivity contribution in [3.63, 3.8) is 0 Å². The molecule has 0 amide bonds. The van der Waals surface area contributed by atoms with Gasteiger partial charge < -0.3 is 10.6 Å². The van der Waals surface area contributed by atoms with Crippen molar-refractivity contribution in [2.75, 3.05) is 26.7 Å². The Morgan fingerprint density at radius 2 is 1.69 bits per heavy atom. The smallest absolute Gasteiger partial charge is 0.00766 e. The fourth-order valence-electron chi connectivity index (χ4n) is 1.77. The van der Waals surface area contributed by atoms with Crippen molar-refractivity contribution in [1.29, 1.82) is 0 Å². The number of rotatable bonds is 7. The van der Waals surface area contributed by atoms with Crippen molar-refractivity contribution in [2.45, 2.75) is 25.7 Å². The minimum atomic E-state index is 0.258. The maximum Gasteiger partial charge on any atom is 0.00766 e. The van der Waals surface area contributed by atoms with E-state index in [0.717, 1.165) is 19.6 Å². The lowest BCUT2D eigenvalue weighted by atomic mass is 9.81. The molecule has 0 saturated carbocycles. The summed E-state index contributed by atoms with van der Waals surface area (Å²) in [5.41, 5.74) is 1.68. The number of benzene rings is 1. The van der Waals surface area contributed by atoms with Crippen molar-refractivity contribution >= 4 is 0 Å². The standard InChI is InChI=1S/C14H24N2/c1-14(2,9-10-16-12-11-15-3)13-7-5-4-6-8-13/h4-8,15-16H,9-12H2,1-3H3. The van der Waals surface area contributed by atoms with Crippen LogP contribution in [0.4, 0.5) is 0 Å². The zero-order valence-corrected chi connectivity index (χ0v) is 10.7. The van der Waals surface area contributed by atoms with Crippen molar-refractivity contribution in [2.24, 2.45) is 0 Å². The first kappa shape index (κ1) is 13.2. The Morgan fingerprint density at radius 1 is 1.00 bits per heavy atom. The topological polar surface area (TPSA) is 24.1 Å². The summed E-state index contributed by atoms with van der Waals surface area (Å²) in [5, 5.41) is 6.58. The zero-order valence-electron chi connectivity index (χ0n) is 10.7. The number of likely N-dealkylation sites (N-methyl/N-ethyl adjacent to an activating group) is 1. The van der Waals surface area contributed by atoms with Gasteiger partial charge in [-0.3, -0.25) is 0 Å².